The Morgan fingerprint density at radius 2 is 2.12 bits per heavy atom. The maximum atomic E-state index is 10.7. The minimum absolute atomic E-state index is 0.211. The van der Waals surface area contributed by atoms with E-state index in [2.05, 4.69) is 16.0 Å². The fraction of sp³-hybridized carbons (Fsp3) is 0.833. The molecule has 0 aromatic carbocycles. The van der Waals surface area contributed by atoms with Gasteiger partial charge in [0.15, 0.2) is 0 Å². The van der Waals surface area contributed by atoms with E-state index < -0.39 is 0 Å². The molecule has 0 fully saturated rings. The van der Waals surface area contributed by atoms with Crippen molar-refractivity contribution < 1.29 is 4.79 Å². The first-order valence-corrected chi connectivity index (χ1v) is 4.00. The van der Waals surface area contributed by atoms with Gasteiger partial charge < -0.3 is 0 Å². The summed E-state index contributed by atoms with van der Waals surface area (Å²) in [4.78, 5) is 10.7. The van der Waals surface area contributed by atoms with Gasteiger partial charge in [-0.2, -0.15) is 0 Å². The van der Waals surface area contributed by atoms with Crippen molar-refractivity contribution in [2.24, 2.45) is 5.92 Å². The average molecular weight is 178 g/mol. The van der Waals surface area contributed by atoms with Gasteiger partial charge in [-0.1, -0.05) is 0 Å². The van der Waals surface area contributed by atoms with E-state index in [0.29, 0.717) is 12.2 Å². The summed E-state index contributed by atoms with van der Waals surface area (Å²) < 4.78 is 0. The van der Waals surface area contributed by atoms with Crippen LogP contribution in [0.25, 0.3) is 0 Å². The summed E-state index contributed by atoms with van der Waals surface area (Å²) >= 11 is 2.81. The van der Waals surface area contributed by atoms with Crippen LogP contribution in [-0.2, 0) is 4.79 Å². The first-order valence-electron chi connectivity index (χ1n) is 2.79. The van der Waals surface area contributed by atoms with Crippen LogP contribution < -0.4 is 0 Å². The van der Waals surface area contributed by atoms with E-state index in [1.165, 1.54) is 0 Å². The first kappa shape index (κ1) is 8.19. The zero-order chi connectivity index (χ0) is 6.57. The van der Waals surface area contributed by atoms with Crippen LogP contribution in [0.2, 0.25) is 5.32 Å². The third-order valence-corrected chi connectivity index (χ3v) is 1.42. The fourth-order valence-electron chi connectivity index (χ4n) is 0.389. The Hall–Kier alpha value is 0.189. The van der Waals surface area contributed by atoms with Gasteiger partial charge in [0.05, 0.1) is 0 Å². The molecular formula is C6H11OSe. The van der Waals surface area contributed by atoms with Gasteiger partial charge in [-0.05, 0) is 0 Å². The van der Waals surface area contributed by atoms with Crippen LogP contribution in [0.4, 0.5) is 0 Å². The predicted octanol–water partition coefficient (Wildman–Crippen LogP) is 1.19. The van der Waals surface area contributed by atoms with E-state index in [0.717, 1.165) is 5.32 Å². The van der Waals surface area contributed by atoms with Crippen molar-refractivity contribution in [3.8, 4) is 0 Å². The number of Topliss-reactive ketones (excluding diaryl/α,β-unsaturated/α-hetero) is 1. The summed E-state index contributed by atoms with van der Waals surface area (Å²) in [6.45, 7) is 3.86. The summed E-state index contributed by atoms with van der Waals surface area (Å²) in [6.07, 6.45) is 0.692. The second-order valence-electron chi connectivity index (χ2n) is 2.08. The SMILES string of the molecule is CC(C)C(=O)CC[Se]. The fourth-order valence-corrected chi connectivity index (χ4v) is 0.811. The van der Waals surface area contributed by atoms with Crippen molar-refractivity contribution in [3.63, 3.8) is 0 Å². The van der Waals surface area contributed by atoms with Crippen molar-refractivity contribution in [2.45, 2.75) is 25.6 Å². The monoisotopic (exact) mass is 179 g/mol. The summed E-state index contributed by atoms with van der Waals surface area (Å²) in [5, 5.41) is 0.858. The molecule has 0 saturated heterocycles. The van der Waals surface area contributed by atoms with Crippen molar-refractivity contribution >= 4 is 21.8 Å². The van der Waals surface area contributed by atoms with E-state index >= 15 is 0 Å². The van der Waals surface area contributed by atoms with Crippen LogP contribution in [0.1, 0.15) is 20.3 Å². The molecule has 2 heteroatoms. The number of rotatable bonds is 3. The topological polar surface area (TPSA) is 17.1 Å². The third-order valence-electron chi connectivity index (χ3n) is 0.992. The molecule has 0 aliphatic heterocycles. The Morgan fingerprint density at radius 3 is 2.25 bits per heavy atom. The number of hydrogen-bond acceptors (Lipinski definition) is 1. The summed E-state index contributed by atoms with van der Waals surface area (Å²) in [6, 6.07) is 0. The molecule has 0 unspecified atom stereocenters. The van der Waals surface area contributed by atoms with Gasteiger partial charge in [-0.25, -0.2) is 0 Å². The molecule has 0 aromatic heterocycles. The molecule has 1 nitrogen and oxygen atoms in total. The second-order valence-corrected chi connectivity index (χ2v) is 2.93. The maximum absolute atomic E-state index is 10.7. The van der Waals surface area contributed by atoms with Gasteiger partial charge in [0.2, 0.25) is 0 Å². The van der Waals surface area contributed by atoms with Crippen LogP contribution >= 0.6 is 0 Å². The zero-order valence-corrected chi connectivity index (χ0v) is 7.02. The van der Waals surface area contributed by atoms with E-state index in [1.807, 2.05) is 13.8 Å². The first-order chi connectivity index (χ1) is 3.68. The van der Waals surface area contributed by atoms with Gasteiger partial charge in [0.1, 0.15) is 0 Å². The Bertz CT molecular complexity index is 78.6. The molecular weight excluding hydrogens is 167 g/mol. The second kappa shape index (κ2) is 4.11. The molecule has 0 saturated carbocycles. The zero-order valence-electron chi connectivity index (χ0n) is 5.31. The van der Waals surface area contributed by atoms with Crippen LogP contribution in [0.5, 0.6) is 0 Å². The molecule has 47 valence electrons. The normalized spacial score (nSPS) is 10.0. The molecule has 0 amide bonds. The molecule has 0 aromatic rings. The Labute approximate surface area is 58.7 Å². The number of carbonyl (C=O) groups excluding carboxylic acids is 1. The molecule has 0 bridgehead atoms. The van der Waals surface area contributed by atoms with E-state index in [1.54, 1.807) is 0 Å². The van der Waals surface area contributed by atoms with Gasteiger partial charge in [0, 0.05) is 0 Å². The molecule has 8 heavy (non-hydrogen) atoms. The average Bonchev–Trinajstić information content (AvgIpc) is 1.67. The quantitative estimate of drug-likeness (QED) is 0.593. The van der Waals surface area contributed by atoms with Crippen molar-refractivity contribution in [1.29, 1.82) is 0 Å². The molecule has 0 aliphatic carbocycles. The standard InChI is InChI=1S/C6H11OSe/c1-5(2)6(7)3-4-8/h5H,3-4H2,1-2H3. The van der Waals surface area contributed by atoms with Crippen molar-refractivity contribution in [1.82, 2.24) is 0 Å². The summed E-state index contributed by atoms with van der Waals surface area (Å²) in [5.41, 5.74) is 0. The van der Waals surface area contributed by atoms with E-state index in [4.69, 9.17) is 0 Å². The van der Waals surface area contributed by atoms with Crippen molar-refractivity contribution in [3.05, 3.63) is 0 Å². The molecule has 0 aliphatic rings. The van der Waals surface area contributed by atoms with E-state index in [-0.39, 0.29) is 5.92 Å². The molecule has 0 spiro atoms. The van der Waals surface area contributed by atoms with Crippen LogP contribution in [0.3, 0.4) is 0 Å². The number of hydrogen-bond donors (Lipinski definition) is 0. The van der Waals surface area contributed by atoms with Crippen LogP contribution in [0, 0.1) is 5.92 Å². The molecule has 1 radical (unpaired) electrons. The van der Waals surface area contributed by atoms with Gasteiger partial charge in [0.25, 0.3) is 0 Å². The third kappa shape index (κ3) is 3.22. The minimum atomic E-state index is 0.211. The predicted molar refractivity (Wildman–Crippen MR) is 35.0 cm³/mol. The molecule has 0 rings (SSSR count). The summed E-state index contributed by atoms with van der Waals surface area (Å²) in [5.74, 6) is 0.562. The van der Waals surface area contributed by atoms with Gasteiger partial charge in [-0.15, -0.1) is 0 Å². The number of ketones is 1. The Balaban J connectivity index is 3.33. The van der Waals surface area contributed by atoms with Crippen LogP contribution in [-0.4, -0.2) is 21.8 Å². The van der Waals surface area contributed by atoms with Crippen molar-refractivity contribution in [2.75, 3.05) is 0 Å². The molecule has 0 atom stereocenters. The Kier molecular flexibility index (Phi) is 4.20. The number of carbonyl (C=O) groups is 1. The molecule has 0 N–H and O–H groups in total. The van der Waals surface area contributed by atoms with E-state index in [9.17, 15) is 4.79 Å². The van der Waals surface area contributed by atoms with Crippen LogP contribution in [0.15, 0.2) is 0 Å². The molecule has 0 heterocycles. The Morgan fingerprint density at radius 1 is 1.62 bits per heavy atom. The summed E-state index contributed by atoms with van der Waals surface area (Å²) in [7, 11) is 0. The van der Waals surface area contributed by atoms with Gasteiger partial charge in [-0.3, -0.25) is 0 Å². The van der Waals surface area contributed by atoms with Gasteiger partial charge >= 0.3 is 58.1 Å².